The molecular formula is C22H21ClN4O2S2. The Morgan fingerprint density at radius 2 is 2.16 bits per heavy atom. The van der Waals surface area contributed by atoms with Crippen LogP contribution in [0.15, 0.2) is 54.7 Å². The molecule has 1 aromatic carbocycles. The molecule has 6 nitrogen and oxygen atoms in total. The van der Waals surface area contributed by atoms with Crippen molar-refractivity contribution in [1.82, 2.24) is 10.3 Å². The number of aromatic nitrogens is 1. The summed E-state index contributed by atoms with van der Waals surface area (Å²) < 4.78 is 4.86. The number of hydrogen-bond acceptors (Lipinski definition) is 5. The molecule has 1 aliphatic rings. The number of nitrogens with zero attached hydrogens (tertiary/aromatic N) is 2. The van der Waals surface area contributed by atoms with E-state index in [1.165, 1.54) is 16.9 Å². The molecule has 160 valence electrons. The molecule has 3 heterocycles. The summed E-state index contributed by atoms with van der Waals surface area (Å²) in [5.41, 5.74) is 2.27. The van der Waals surface area contributed by atoms with Crippen molar-refractivity contribution in [2.45, 2.75) is 19.0 Å². The molecule has 4 rings (SSSR count). The standard InChI is InChI=1S/C22H21ClN4O2S2/c1-13-6-9-18(31-13)21-20(17-5-3-4-10-24-17)26-22(30)27(21)14-7-8-16(15(23)11-14)25-19(28)12-29-2/h3-11,20-21H,12H2,1-2H3,(H,25,28)(H,26,30)/t20-,21+/m0/s1. The number of ether oxygens (including phenoxy) is 1. The van der Waals surface area contributed by atoms with Crippen LogP contribution in [0.1, 0.15) is 27.5 Å². The Balaban J connectivity index is 1.71. The molecular weight excluding hydrogens is 452 g/mol. The first-order valence-corrected chi connectivity index (χ1v) is 11.2. The largest absolute Gasteiger partial charge is 0.375 e. The molecule has 9 heteroatoms. The summed E-state index contributed by atoms with van der Waals surface area (Å²) in [4.78, 5) is 20.9. The third-order valence-corrected chi connectivity index (χ3v) is 6.63. The van der Waals surface area contributed by atoms with Crippen LogP contribution in [0.25, 0.3) is 0 Å². The Bertz CT molecular complexity index is 1110. The van der Waals surface area contributed by atoms with Gasteiger partial charge in [-0.3, -0.25) is 9.78 Å². The maximum atomic E-state index is 11.9. The molecule has 1 amide bonds. The number of thiophene rings is 1. The SMILES string of the molecule is COCC(=O)Nc1ccc(N2C(=S)N[C@@H](c3ccccn3)[C@H]2c2ccc(C)s2)cc1Cl. The van der Waals surface area contributed by atoms with Crippen LogP contribution in [0.2, 0.25) is 5.02 Å². The summed E-state index contributed by atoms with van der Waals surface area (Å²) in [6, 6.07) is 15.4. The lowest BCUT2D eigenvalue weighted by molar-refractivity contribution is -0.119. The lowest BCUT2D eigenvalue weighted by atomic mass is 10.0. The molecule has 2 N–H and O–H groups in total. The molecule has 1 fully saturated rings. The number of aryl methyl sites for hydroxylation is 1. The van der Waals surface area contributed by atoms with Gasteiger partial charge in [0.25, 0.3) is 0 Å². The number of halogens is 1. The zero-order valence-electron chi connectivity index (χ0n) is 17.0. The summed E-state index contributed by atoms with van der Waals surface area (Å²) in [5.74, 6) is -0.266. The minimum absolute atomic E-state index is 0.0379. The summed E-state index contributed by atoms with van der Waals surface area (Å²) in [6.07, 6.45) is 1.79. The normalized spacial score (nSPS) is 18.2. The summed E-state index contributed by atoms with van der Waals surface area (Å²) in [5, 5.41) is 7.20. The Kier molecular flexibility index (Phi) is 6.52. The van der Waals surface area contributed by atoms with Crippen molar-refractivity contribution < 1.29 is 9.53 Å². The van der Waals surface area contributed by atoms with Gasteiger partial charge in [-0.05, 0) is 61.6 Å². The monoisotopic (exact) mass is 472 g/mol. The van der Waals surface area contributed by atoms with Crippen molar-refractivity contribution in [2.24, 2.45) is 0 Å². The number of thiocarbonyl (C=S) groups is 1. The van der Waals surface area contributed by atoms with Crippen LogP contribution in [0.3, 0.4) is 0 Å². The molecule has 1 saturated heterocycles. The number of amides is 1. The molecule has 0 bridgehead atoms. The highest BCUT2D eigenvalue weighted by Gasteiger charge is 2.41. The Hall–Kier alpha value is -2.52. The first-order valence-electron chi connectivity index (χ1n) is 9.63. The highest BCUT2D eigenvalue weighted by molar-refractivity contribution is 7.80. The predicted octanol–water partition coefficient (Wildman–Crippen LogP) is 4.87. The number of pyridine rings is 1. The third kappa shape index (κ3) is 4.57. The number of carbonyl (C=O) groups excluding carboxylic acids is 1. The number of benzene rings is 1. The fourth-order valence-corrected chi connectivity index (χ4v) is 5.18. The summed E-state index contributed by atoms with van der Waals surface area (Å²) in [7, 11) is 1.47. The molecule has 0 radical (unpaired) electrons. The van der Waals surface area contributed by atoms with Crippen LogP contribution in [-0.2, 0) is 9.53 Å². The van der Waals surface area contributed by atoms with E-state index < -0.39 is 0 Å². The molecule has 0 saturated carbocycles. The van der Waals surface area contributed by atoms with E-state index in [9.17, 15) is 4.79 Å². The van der Waals surface area contributed by atoms with Gasteiger partial charge >= 0.3 is 0 Å². The van der Waals surface area contributed by atoms with Gasteiger partial charge in [-0.25, -0.2) is 0 Å². The van der Waals surface area contributed by atoms with Crippen molar-refractivity contribution in [3.63, 3.8) is 0 Å². The van der Waals surface area contributed by atoms with Crippen LogP contribution in [-0.4, -0.2) is 29.7 Å². The first kappa shape index (κ1) is 21.7. The van der Waals surface area contributed by atoms with Crippen molar-refractivity contribution >= 4 is 57.5 Å². The maximum Gasteiger partial charge on any atom is 0.250 e. The van der Waals surface area contributed by atoms with Crippen molar-refractivity contribution in [2.75, 3.05) is 23.9 Å². The zero-order chi connectivity index (χ0) is 22.0. The van der Waals surface area contributed by atoms with Gasteiger partial charge in [0.15, 0.2) is 5.11 Å². The lowest BCUT2D eigenvalue weighted by Gasteiger charge is -2.27. The van der Waals surface area contributed by atoms with E-state index in [1.54, 1.807) is 23.6 Å². The van der Waals surface area contributed by atoms with Gasteiger partial charge in [0.1, 0.15) is 6.61 Å². The van der Waals surface area contributed by atoms with E-state index >= 15 is 0 Å². The van der Waals surface area contributed by atoms with E-state index in [4.69, 9.17) is 28.6 Å². The van der Waals surface area contributed by atoms with Gasteiger partial charge in [0.05, 0.1) is 28.5 Å². The van der Waals surface area contributed by atoms with Gasteiger partial charge in [-0.15, -0.1) is 11.3 Å². The number of rotatable bonds is 6. The second-order valence-corrected chi connectivity index (χ2v) is 9.20. The van der Waals surface area contributed by atoms with E-state index in [0.29, 0.717) is 15.8 Å². The molecule has 0 unspecified atom stereocenters. The second kappa shape index (κ2) is 9.32. The summed E-state index contributed by atoms with van der Waals surface area (Å²) >= 11 is 14.0. The minimum Gasteiger partial charge on any atom is -0.375 e. The van der Waals surface area contributed by atoms with Crippen LogP contribution >= 0.6 is 35.2 Å². The number of methoxy groups -OCH3 is 1. The molecule has 0 aliphatic carbocycles. The highest BCUT2D eigenvalue weighted by atomic mass is 35.5. The molecule has 31 heavy (non-hydrogen) atoms. The van der Waals surface area contributed by atoms with Crippen LogP contribution in [0, 0.1) is 6.92 Å². The maximum absolute atomic E-state index is 11.9. The van der Waals surface area contributed by atoms with Crippen LogP contribution in [0.4, 0.5) is 11.4 Å². The van der Waals surface area contributed by atoms with Crippen molar-refractivity contribution in [3.05, 3.63) is 75.2 Å². The van der Waals surface area contributed by atoms with Crippen molar-refractivity contribution in [1.29, 1.82) is 0 Å². The van der Waals surface area contributed by atoms with Crippen LogP contribution in [0.5, 0.6) is 0 Å². The van der Waals surface area contributed by atoms with Gasteiger partial charge in [0.2, 0.25) is 5.91 Å². The Labute approximate surface area is 195 Å². The van der Waals surface area contributed by atoms with Gasteiger partial charge in [0, 0.05) is 28.7 Å². The first-order chi connectivity index (χ1) is 15.0. The fourth-order valence-electron chi connectivity index (χ4n) is 3.61. The number of hydrogen-bond donors (Lipinski definition) is 2. The molecule has 0 spiro atoms. The smallest absolute Gasteiger partial charge is 0.250 e. The molecule has 1 aliphatic heterocycles. The van der Waals surface area contributed by atoms with E-state index in [-0.39, 0.29) is 24.6 Å². The average Bonchev–Trinajstić information content (AvgIpc) is 3.33. The molecule has 2 aromatic heterocycles. The zero-order valence-corrected chi connectivity index (χ0v) is 19.4. The number of carbonyl (C=O) groups is 1. The lowest BCUT2D eigenvalue weighted by Crippen LogP contribution is -2.29. The highest BCUT2D eigenvalue weighted by Crippen LogP contribution is 2.44. The average molecular weight is 473 g/mol. The molecule has 3 aromatic rings. The van der Waals surface area contributed by atoms with Gasteiger partial charge < -0.3 is 20.3 Å². The topological polar surface area (TPSA) is 66.5 Å². The second-order valence-electron chi connectivity index (χ2n) is 7.09. The van der Waals surface area contributed by atoms with Crippen molar-refractivity contribution in [3.8, 4) is 0 Å². The van der Waals surface area contributed by atoms with Crippen LogP contribution < -0.4 is 15.5 Å². The predicted molar refractivity (Wildman–Crippen MR) is 129 cm³/mol. The quantitative estimate of drug-likeness (QED) is 0.499. The Morgan fingerprint density at radius 3 is 2.81 bits per heavy atom. The number of nitrogens with one attached hydrogen (secondary N) is 2. The van der Waals surface area contributed by atoms with E-state index in [1.807, 2.05) is 30.3 Å². The van der Waals surface area contributed by atoms with Gasteiger partial charge in [-0.1, -0.05) is 17.7 Å². The number of anilines is 2. The van der Waals surface area contributed by atoms with E-state index in [0.717, 1.165) is 11.4 Å². The Morgan fingerprint density at radius 1 is 1.32 bits per heavy atom. The fraction of sp³-hybridized carbons (Fsp3) is 0.227. The minimum atomic E-state index is -0.266. The molecule has 2 atom stereocenters. The van der Waals surface area contributed by atoms with E-state index in [2.05, 4.69) is 39.6 Å². The third-order valence-electron chi connectivity index (χ3n) is 4.93. The van der Waals surface area contributed by atoms with Gasteiger partial charge in [-0.2, -0.15) is 0 Å². The summed E-state index contributed by atoms with van der Waals surface area (Å²) in [6.45, 7) is 2.05.